The van der Waals surface area contributed by atoms with E-state index < -0.39 is 11.8 Å². The van der Waals surface area contributed by atoms with Crippen molar-refractivity contribution in [1.82, 2.24) is 0 Å². The summed E-state index contributed by atoms with van der Waals surface area (Å²) >= 11 is 12.9. The minimum atomic E-state index is -0.621. The molecule has 0 atom stereocenters. The largest absolute Gasteiger partial charge is 0.459 e. The van der Waals surface area contributed by atoms with Gasteiger partial charge in [0.1, 0.15) is 16.4 Å². The maximum Gasteiger partial charge on any atom is 0.342 e. The molecule has 0 aliphatic rings. The lowest BCUT2D eigenvalue weighted by molar-refractivity contribution is 0.0380. The average molecular weight is 348 g/mol. The summed E-state index contributed by atoms with van der Waals surface area (Å²) in [5.74, 6) is -1.19. The SMILES string of the molecule is CC(C)OC(=O)c1c(-c2cc(F)c(Cl)cc2Cl)csc1N. The summed E-state index contributed by atoms with van der Waals surface area (Å²) in [6.07, 6.45) is -0.290. The molecule has 0 spiro atoms. The molecule has 0 aliphatic heterocycles. The number of benzene rings is 1. The van der Waals surface area contributed by atoms with Gasteiger partial charge in [0.2, 0.25) is 0 Å². The van der Waals surface area contributed by atoms with Gasteiger partial charge in [0.15, 0.2) is 0 Å². The van der Waals surface area contributed by atoms with Crippen molar-refractivity contribution < 1.29 is 13.9 Å². The van der Waals surface area contributed by atoms with Crippen LogP contribution in [0, 0.1) is 5.82 Å². The number of halogens is 3. The van der Waals surface area contributed by atoms with Gasteiger partial charge in [0.05, 0.1) is 16.1 Å². The molecular formula is C14H12Cl2FNO2S. The number of rotatable bonds is 3. The fraction of sp³-hybridized carbons (Fsp3) is 0.214. The van der Waals surface area contributed by atoms with Crippen LogP contribution < -0.4 is 5.73 Å². The summed E-state index contributed by atoms with van der Waals surface area (Å²) in [6.45, 7) is 3.46. The van der Waals surface area contributed by atoms with Crippen LogP contribution in [0.5, 0.6) is 0 Å². The Labute approximate surface area is 135 Å². The third kappa shape index (κ3) is 3.31. The number of carbonyl (C=O) groups is 1. The molecule has 2 N–H and O–H groups in total. The normalized spacial score (nSPS) is 11.0. The predicted molar refractivity (Wildman–Crippen MR) is 84.7 cm³/mol. The summed E-state index contributed by atoms with van der Waals surface area (Å²) < 4.78 is 18.8. The number of hydrogen-bond donors (Lipinski definition) is 1. The Morgan fingerprint density at radius 1 is 1.29 bits per heavy atom. The zero-order valence-corrected chi connectivity index (χ0v) is 13.6. The molecule has 7 heteroatoms. The topological polar surface area (TPSA) is 52.3 Å². The van der Waals surface area contributed by atoms with E-state index in [0.717, 1.165) is 11.3 Å². The zero-order chi connectivity index (χ0) is 15.7. The van der Waals surface area contributed by atoms with Crippen molar-refractivity contribution in [3.63, 3.8) is 0 Å². The quantitative estimate of drug-likeness (QED) is 0.627. The first-order valence-electron chi connectivity index (χ1n) is 6.04. The van der Waals surface area contributed by atoms with E-state index in [1.165, 1.54) is 12.1 Å². The zero-order valence-electron chi connectivity index (χ0n) is 11.2. The highest BCUT2D eigenvalue weighted by Gasteiger charge is 2.23. The lowest BCUT2D eigenvalue weighted by atomic mass is 10.0. The maximum absolute atomic E-state index is 13.7. The molecule has 0 saturated carbocycles. The second-order valence-electron chi connectivity index (χ2n) is 4.59. The van der Waals surface area contributed by atoms with Crippen LogP contribution in [0.3, 0.4) is 0 Å². The van der Waals surface area contributed by atoms with Crippen LogP contribution in [-0.2, 0) is 4.74 Å². The smallest absolute Gasteiger partial charge is 0.342 e. The highest BCUT2D eigenvalue weighted by atomic mass is 35.5. The number of esters is 1. The molecule has 0 amide bonds. The number of nitrogens with two attached hydrogens (primary N) is 1. The van der Waals surface area contributed by atoms with Crippen LogP contribution in [-0.4, -0.2) is 12.1 Å². The second kappa shape index (κ2) is 6.22. The Balaban J connectivity index is 2.56. The highest BCUT2D eigenvalue weighted by molar-refractivity contribution is 7.15. The Morgan fingerprint density at radius 2 is 1.95 bits per heavy atom. The Kier molecular flexibility index (Phi) is 4.76. The van der Waals surface area contributed by atoms with Crippen LogP contribution in [0.2, 0.25) is 10.0 Å². The van der Waals surface area contributed by atoms with Gasteiger partial charge in [-0.2, -0.15) is 0 Å². The van der Waals surface area contributed by atoms with E-state index in [1.54, 1.807) is 19.2 Å². The number of carbonyl (C=O) groups excluding carboxylic acids is 1. The molecule has 3 nitrogen and oxygen atoms in total. The Morgan fingerprint density at radius 3 is 2.57 bits per heavy atom. The first kappa shape index (κ1) is 16.1. The Bertz CT molecular complexity index is 701. The van der Waals surface area contributed by atoms with Gasteiger partial charge in [0, 0.05) is 16.5 Å². The summed E-state index contributed by atoms with van der Waals surface area (Å²) in [7, 11) is 0. The van der Waals surface area contributed by atoms with Gasteiger partial charge in [-0.25, -0.2) is 9.18 Å². The molecule has 112 valence electrons. The summed E-state index contributed by atoms with van der Waals surface area (Å²) in [5.41, 5.74) is 6.80. The fourth-order valence-electron chi connectivity index (χ4n) is 1.78. The van der Waals surface area contributed by atoms with E-state index in [1.807, 2.05) is 0 Å². The summed E-state index contributed by atoms with van der Waals surface area (Å²) in [5, 5.41) is 2.08. The van der Waals surface area contributed by atoms with E-state index in [4.69, 9.17) is 33.7 Å². The molecule has 2 aromatic rings. The van der Waals surface area contributed by atoms with Crippen LogP contribution in [0.1, 0.15) is 24.2 Å². The minimum Gasteiger partial charge on any atom is -0.459 e. The molecule has 0 radical (unpaired) electrons. The molecule has 0 unspecified atom stereocenters. The lowest BCUT2D eigenvalue weighted by Crippen LogP contribution is -2.13. The van der Waals surface area contributed by atoms with Crippen LogP contribution >= 0.6 is 34.5 Å². The molecule has 2 rings (SSSR count). The molecule has 0 fully saturated rings. The second-order valence-corrected chi connectivity index (χ2v) is 6.31. The van der Waals surface area contributed by atoms with Crippen LogP contribution in [0.25, 0.3) is 11.1 Å². The number of anilines is 1. The first-order valence-corrected chi connectivity index (χ1v) is 7.67. The van der Waals surface area contributed by atoms with Crippen molar-refractivity contribution in [2.45, 2.75) is 20.0 Å². The van der Waals surface area contributed by atoms with E-state index in [-0.39, 0.29) is 21.7 Å². The first-order chi connectivity index (χ1) is 9.81. The molecule has 1 aromatic carbocycles. The summed E-state index contributed by atoms with van der Waals surface area (Å²) in [4.78, 5) is 12.1. The van der Waals surface area contributed by atoms with E-state index in [0.29, 0.717) is 16.1 Å². The number of ether oxygens (including phenoxy) is 1. The van der Waals surface area contributed by atoms with Crippen molar-refractivity contribution >= 4 is 45.5 Å². The van der Waals surface area contributed by atoms with E-state index in [2.05, 4.69) is 0 Å². The number of thiophene rings is 1. The van der Waals surface area contributed by atoms with Gasteiger partial charge in [-0.15, -0.1) is 11.3 Å². The molecule has 1 aromatic heterocycles. The average Bonchev–Trinajstić information content (AvgIpc) is 2.74. The van der Waals surface area contributed by atoms with Crippen LogP contribution in [0.4, 0.5) is 9.39 Å². The maximum atomic E-state index is 13.7. The van der Waals surface area contributed by atoms with Crippen molar-refractivity contribution in [2.75, 3.05) is 5.73 Å². The van der Waals surface area contributed by atoms with Gasteiger partial charge in [-0.05, 0) is 26.0 Å². The molecule has 21 heavy (non-hydrogen) atoms. The van der Waals surface area contributed by atoms with E-state index >= 15 is 0 Å². The third-order valence-corrected chi connectivity index (χ3v) is 4.08. The van der Waals surface area contributed by atoms with E-state index in [9.17, 15) is 9.18 Å². The van der Waals surface area contributed by atoms with Crippen molar-refractivity contribution in [3.8, 4) is 11.1 Å². The molecular weight excluding hydrogens is 336 g/mol. The van der Waals surface area contributed by atoms with Gasteiger partial charge in [0.25, 0.3) is 0 Å². The minimum absolute atomic E-state index is 0.0849. The summed E-state index contributed by atoms with van der Waals surface area (Å²) in [6, 6.07) is 2.47. The van der Waals surface area contributed by atoms with Crippen molar-refractivity contribution in [1.29, 1.82) is 0 Å². The monoisotopic (exact) mass is 347 g/mol. The van der Waals surface area contributed by atoms with Crippen LogP contribution in [0.15, 0.2) is 17.5 Å². The van der Waals surface area contributed by atoms with Gasteiger partial charge < -0.3 is 10.5 Å². The standard InChI is InChI=1S/C14H12Cl2FNO2S/c1-6(2)20-14(19)12-8(5-21-13(12)18)7-3-11(17)10(16)4-9(7)15/h3-6H,18H2,1-2H3. The number of hydrogen-bond acceptors (Lipinski definition) is 4. The highest BCUT2D eigenvalue weighted by Crippen LogP contribution is 2.39. The molecule has 0 bridgehead atoms. The molecule has 1 heterocycles. The van der Waals surface area contributed by atoms with Gasteiger partial charge >= 0.3 is 5.97 Å². The third-order valence-electron chi connectivity index (χ3n) is 2.67. The molecule has 0 saturated heterocycles. The van der Waals surface area contributed by atoms with Crippen molar-refractivity contribution in [3.05, 3.63) is 38.9 Å². The predicted octanol–water partition coefficient (Wildman–Crippen LogP) is 5.01. The lowest BCUT2D eigenvalue weighted by Gasteiger charge is -2.11. The molecule has 0 aliphatic carbocycles. The van der Waals surface area contributed by atoms with Crippen molar-refractivity contribution in [2.24, 2.45) is 0 Å². The number of nitrogen functional groups attached to an aromatic ring is 1. The van der Waals surface area contributed by atoms with Gasteiger partial charge in [-0.1, -0.05) is 23.2 Å². The van der Waals surface area contributed by atoms with Gasteiger partial charge in [-0.3, -0.25) is 0 Å². The fourth-order valence-corrected chi connectivity index (χ4v) is 3.07. The Hall–Kier alpha value is -1.30.